The Morgan fingerprint density at radius 1 is 1.22 bits per heavy atom. The minimum atomic E-state index is -0.00285. The van der Waals surface area contributed by atoms with E-state index in [-0.39, 0.29) is 30.2 Å². The number of halogens is 2. The molecule has 0 aliphatic carbocycles. The number of benzene rings is 1. The van der Waals surface area contributed by atoms with Gasteiger partial charge in [0.25, 0.3) is 0 Å². The highest BCUT2D eigenvalue weighted by atomic mass is 35.5. The van der Waals surface area contributed by atoms with Crippen LogP contribution in [-0.2, 0) is 11.8 Å². The van der Waals surface area contributed by atoms with Crippen LogP contribution in [0.3, 0.4) is 0 Å². The maximum absolute atomic E-state index is 13.1. The van der Waals surface area contributed by atoms with Gasteiger partial charge < -0.3 is 15.1 Å². The molecular weight excluding hydrogens is 385 g/mol. The van der Waals surface area contributed by atoms with Crippen molar-refractivity contribution in [2.75, 3.05) is 44.2 Å². The maximum atomic E-state index is 13.1. The molecule has 0 spiro atoms. The number of aromatic nitrogens is 2. The van der Waals surface area contributed by atoms with E-state index in [0.717, 1.165) is 55.5 Å². The molecule has 2 saturated heterocycles. The molecule has 1 aromatic heterocycles. The summed E-state index contributed by atoms with van der Waals surface area (Å²) in [6, 6.07) is 7.91. The molecule has 4 rings (SSSR count). The summed E-state index contributed by atoms with van der Waals surface area (Å²) < 4.78 is 1.80. The fourth-order valence-corrected chi connectivity index (χ4v) is 4.20. The van der Waals surface area contributed by atoms with Crippen LogP contribution < -0.4 is 10.2 Å². The van der Waals surface area contributed by atoms with Crippen LogP contribution in [-0.4, -0.2) is 59.9 Å². The Labute approximate surface area is 170 Å². The highest BCUT2D eigenvalue weighted by Gasteiger charge is 2.37. The lowest BCUT2D eigenvalue weighted by Gasteiger charge is -2.37. The van der Waals surface area contributed by atoms with E-state index < -0.39 is 0 Å². The molecule has 27 heavy (non-hydrogen) atoms. The van der Waals surface area contributed by atoms with Crippen molar-refractivity contribution in [2.24, 2.45) is 13.0 Å². The molecule has 1 amide bonds. The summed E-state index contributed by atoms with van der Waals surface area (Å²) in [7, 11) is 1.91. The van der Waals surface area contributed by atoms with Gasteiger partial charge in [-0.15, -0.1) is 12.4 Å². The highest BCUT2D eigenvalue weighted by molar-refractivity contribution is 6.30. The van der Waals surface area contributed by atoms with Gasteiger partial charge in [0.15, 0.2) is 0 Å². The van der Waals surface area contributed by atoms with Gasteiger partial charge in [0.2, 0.25) is 5.91 Å². The molecular formula is C19H25Cl2N5O. The lowest BCUT2D eigenvalue weighted by atomic mass is 9.89. The van der Waals surface area contributed by atoms with Gasteiger partial charge in [-0.25, -0.2) is 0 Å². The van der Waals surface area contributed by atoms with E-state index in [9.17, 15) is 4.79 Å². The zero-order valence-electron chi connectivity index (χ0n) is 15.3. The van der Waals surface area contributed by atoms with Crippen molar-refractivity contribution in [1.29, 1.82) is 0 Å². The number of carbonyl (C=O) groups excluding carboxylic acids is 1. The van der Waals surface area contributed by atoms with E-state index in [1.54, 1.807) is 4.68 Å². The fourth-order valence-electron chi connectivity index (χ4n) is 4.01. The van der Waals surface area contributed by atoms with E-state index in [1.807, 2.05) is 42.5 Å². The highest BCUT2D eigenvalue weighted by Crippen LogP contribution is 2.30. The molecule has 0 saturated carbocycles. The van der Waals surface area contributed by atoms with Crippen molar-refractivity contribution >= 4 is 35.6 Å². The van der Waals surface area contributed by atoms with Crippen molar-refractivity contribution in [1.82, 2.24) is 20.0 Å². The summed E-state index contributed by atoms with van der Waals surface area (Å²) in [5, 5.41) is 8.39. The predicted molar refractivity (Wildman–Crippen MR) is 110 cm³/mol. The second-order valence-electron chi connectivity index (χ2n) is 7.11. The van der Waals surface area contributed by atoms with E-state index >= 15 is 0 Å². The Morgan fingerprint density at radius 3 is 2.67 bits per heavy atom. The molecule has 3 heterocycles. The van der Waals surface area contributed by atoms with Crippen molar-refractivity contribution in [3.8, 4) is 0 Å². The number of nitrogens with zero attached hydrogens (tertiary/aromatic N) is 4. The topological polar surface area (TPSA) is 53.4 Å². The van der Waals surface area contributed by atoms with Crippen LogP contribution in [0.15, 0.2) is 36.7 Å². The number of aryl methyl sites for hydroxylation is 1. The van der Waals surface area contributed by atoms with Crippen LogP contribution >= 0.6 is 24.0 Å². The van der Waals surface area contributed by atoms with E-state index in [4.69, 9.17) is 11.6 Å². The number of amides is 1. The number of rotatable bonds is 3. The summed E-state index contributed by atoms with van der Waals surface area (Å²) in [4.78, 5) is 17.4. The molecule has 2 aromatic rings. The van der Waals surface area contributed by atoms with Crippen molar-refractivity contribution in [2.45, 2.75) is 5.92 Å². The molecule has 0 bridgehead atoms. The van der Waals surface area contributed by atoms with Crippen molar-refractivity contribution in [3.05, 3.63) is 47.2 Å². The number of hydrogen-bond acceptors (Lipinski definition) is 4. The van der Waals surface area contributed by atoms with Crippen LogP contribution in [0.25, 0.3) is 0 Å². The quantitative estimate of drug-likeness (QED) is 0.843. The minimum absolute atomic E-state index is 0. The first-order chi connectivity index (χ1) is 12.6. The molecule has 2 fully saturated rings. The average Bonchev–Trinajstić information content (AvgIpc) is 3.30. The molecule has 8 heteroatoms. The number of piperazine rings is 1. The monoisotopic (exact) mass is 409 g/mol. The van der Waals surface area contributed by atoms with Gasteiger partial charge in [0.05, 0.1) is 12.1 Å². The van der Waals surface area contributed by atoms with Gasteiger partial charge in [0.1, 0.15) is 0 Å². The first-order valence-electron chi connectivity index (χ1n) is 9.10. The summed E-state index contributed by atoms with van der Waals surface area (Å²) in [5.74, 6) is 0.466. The molecule has 1 N–H and O–H groups in total. The van der Waals surface area contributed by atoms with Gasteiger partial charge in [-0.2, -0.15) is 5.10 Å². The van der Waals surface area contributed by atoms with Crippen molar-refractivity contribution < 1.29 is 4.79 Å². The average molecular weight is 410 g/mol. The smallest absolute Gasteiger partial charge is 0.227 e. The van der Waals surface area contributed by atoms with Gasteiger partial charge in [0, 0.05) is 69.1 Å². The second kappa shape index (κ2) is 8.50. The lowest BCUT2D eigenvalue weighted by molar-refractivity contribution is -0.135. The summed E-state index contributed by atoms with van der Waals surface area (Å²) in [5.41, 5.74) is 2.27. The SMILES string of the molecule is Cl.Cn1cc([C@H]2CNC[C@@H]2C(=O)N2CCN(c3cccc(Cl)c3)CC2)cn1. The number of nitrogens with one attached hydrogen (secondary N) is 1. The van der Waals surface area contributed by atoms with Gasteiger partial charge in [-0.05, 0) is 23.8 Å². The van der Waals surface area contributed by atoms with E-state index in [2.05, 4.69) is 21.4 Å². The van der Waals surface area contributed by atoms with Crippen LogP contribution in [0.5, 0.6) is 0 Å². The minimum Gasteiger partial charge on any atom is -0.368 e. The Hall–Kier alpha value is -1.76. The van der Waals surface area contributed by atoms with Crippen LogP contribution in [0.2, 0.25) is 5.02 Å². The standard InChI is InChI=1S/C19H24ClN5O.ClH/c1-23-13-14(10-22-23)17-11-21-12-18(17)19(26)25-7-5-24(6-8-25)16-4-2-3-15(20)9-16;/h2-4,9-10,13,17-18,21H,5-8,11-12H2,1H3;1H/t17-,18+;/m1./s1. The largest absolute Gasteiger partial charge is 0.368 e. The Balaban J connectivity index is 0.00000210. The summed E-state index contributed by atoms with van der Waals surface area (Å²) in [6.45, 7) is 4.76. The molecule has 0 radical (unpaired) electrons. The van der Waals surface area contributed by atoms with Crippen LogP contribution in [0.1, 0.15) is 11.5 Å². The zero-order valence-corrected chi connectivity index (χ0v) is 16.9. The maximum Gasteiger partial charge on any atom is 0.227 e. The molecule has 2 aliphatic heterocycles. The fraction of sp³-hybridized carbons (Fsp3) is 0.474. The Morgan fingerprint density at radius 2 is 2.00 bits per heavy atom. The van der Waals surface area contributed by atoms with Gasteiger partial charge >= 0.3 is 0 Å². The summed E-state index contributed by atoms with van der Waals surface area (Å²) in [6.07, 6.45) is 3.91. The zero-order chi connectivity index (χ0) is 18.1. The van der Waals surface area contributed by atoms with E-state index in [0.29, 0.717) is 0 Å². The molecule has 6 nitrogen and oxygen atoms in total. The molecule has 0 unspecified atom stereocenters. The summed E-state index contributed by atoms with van der Waals surface area (Å²) >= 11 is 6.10. The number of carbonyl (C=O) groups is 1. The Kier molecular flexibility index (Phi) is 6.29. The van der Waals surface area contributed by atoms with E-state index in [1.165, 1.54) is 0 Å². The third kappa shape index (κ3) is 4.23. The molecule has 1 aromatic carbocycles. The second-order valence-corrected chi connectivity index (χ2v) is 7.55. The van der Waals surface area contributed by atoms with Crippen LogP contribution in [0, 0.1) is 5.92 Å². The molecule has 146 valence electrons. The third-order valence-electron chi connectivity index (χ3n) is 5.45. The first kappa shape index (κ1) is 20.0. The third-order valence-corrected chi connectivity index (χ3v) is 5.68. The lowest BCUT2D eigenvalue weighted by Crippen LogP contribution is -2.51. The molecule has 2 atom stereocenters. The normalized spacial score (nSPS) is 22.6. The predicted octanol–water partition coefficient (Wildman–Crippen LogP) is 2.15. The van der Waals surface area contributed by atoms with Crippen molar-refractivity contribution in [3.63, 3.8) is 0 Å². The van der Waals surface area contributed by atoms with Crippen LogP contribution in [0.4, 0.5) is 5.69 Å². The number of hydrogen-bond donors (Lipinski definition) is 1. The Bertz CT molecular complexity index is 788. The van der Waals surface area contributed by atoms with Gasteiger partial charge in [-0.1, -0.05) is 17.7 Å². The number of anilines is 1. The first-order valence-corrected chi connectivity index (χ1v) is 9.48. The van der Waals surface area contributed by atoms with Gasteiger partial charge in [-0.3, -0.25) is 9.48 Å². The molecule has 2 aliphatic rings.